The third kappa shape index (κ3) is 4.31. The van der Waals surface area contributed by atoms with Crippen LogP contribution in [-0.2, 0) is 16.0 Å². The molecule has 2 aromatic carbocycles. The molecule has 0 aliphatic carbocycles. The molecule has 2 aromatic rings. The van der Waals surface area contributed by atoms with Crippen LogP contribution in [0.3, 0.4) is 0 Å². The third-order valence-corrected chi connectivity index (χ3v) is 4.95. The molecule has 1 aliphatic heterocycles. The smallest absolute Gasteiger partial charge is 0.224 e. The maximum absolute atomic E-state index is 12.6. The molecule has 1 amide bonds. The average molecular weight is 341 g/mol. The molecule has 134 valence electrons. The molecule has 0 bridgehead atoms. The van der Waals surface area contributed by atoms with Gasteiger partial charge in [-0.1, -0.05) is 38.1 Å². The van der Waals surface area contributed by atoms with E-state index in [1.54, 1.807) is 7.11 Å². The molecule has 4 heteroatoms. The highest BCUT2D eigenvalue weighted by Crippen LogP contribution is 2.25. The Morgan fingerprint density at radius 3 is 2.92 bits per heavy atom. The van der Waals surface area contributed by atoms with Gasteiger partial charge in [-0.25, -0.2) is 0 Å². The lowest BCUT2D eigenvalue weighted by Crippen LogP contribution is -2.43. The summed E-state index contributed by atoms with van der Waals surface area (Å²) in [6.45, 7) is 5.05. The standard InChI is InChI=1S/C21H27NO3/c1-14(2)20-12-17(9-10-25-20)22-21(23)11-16-6-4-5-15-7-8-18(24-3)13-19(15)16/h4-8,13-14,17,20H,9-12H2,1-3H3,(H,22,23)/t17-,20-/m0/s1. The third-order valence-electron chi connectivity index (χ3n) is 4.95. The monoisotopic (exact) mass is 341 g/mol. The quantitative estimate of drug-likeness (QED) is 0.902. The minimum Gasteiger partial charge on any atom is -0.497 e. The Morgan fingerprint density at radius 2 is 2.16 bits per heavy atom. The van der Waals surface area contributed by atoms with E-state index >= 15 is 0 Å². The van der Waals surface area contributed by atoms with Gasteiger partial charge in [0.2, 0.25) is 5.91 Å². The van der Waals surface area contributed by atoms with Crippen LogP contribution in [0.15, 0.2) is 36.4 Å². The van der Waals surface area contributed by atoms with Crippen molar-refractivity contribution in [1.82, 2.24) is 5.32 Å². The van der Waals surface area contributed by atoms with Gasteiger partial charge in [-0.05, 0) is 47.2 Å². The number of nitrogens with one attached hydrogen (secondary N) is 1. The number of rotatable bonds is 5. The van der Waals surface area contributed by atoms with Crippen LogP contribution < -0.4 is 10.1 Å². The molecule has 0 radical (unpaired) electrons. The molecule has 1 aliphatic rings. The molecule has 0 spiro atoms. The van der Waals surface area contributed by atoms with Gasteiger partial charge in [-0.3, -0.25) is 4.79 Å². The minimum atomic E-state index is 0.0738. The summed E-state index contributed by atoms with van der Waals surface area (Å²) in [5, 5.41) is 5.39. The molecule has 0 unspecified atom stereocenters. The number of carbonyl (C=O) groups excluding carboxylic acids is 1. The van der Waals surface area contributed by atoms with Gasteiger partial charge in [0.25, 0.3) is 0 Å². The second kappa shape index (κ2) is 7.87. The van der Waals surface area contributed by atoms with Crippen LogP contribution in [0.2, 0.25) is 0 Å². The number of methoxy groups -OCH3 is 1. The zero-order valence-corrected chi connectivity index (χ0v) is 15.2. The van der Waals surface area contributed by atoms with Crippen molar-refractivity contribution in [2.24, 2.45) is 5.92 Å². The number of amides is 1. The van der Waals surface area contributed by atoms with Crippen molar-refractivity contribution in [3.05, 3.63) is 42.0 Å². The molecule has 3 rings (SSSR count). The van der Waals surface area contributed by atoms with Gasteiger partial charge in [-0.15, -0.1) is 0 Å². The van der Waals surface area contributed by atoms with Gasteiger partial charge >= 0.3 is 0 Å². The fourth-order valence-corrected chi connectivity index (χ4v) is 3.47. The van der Waals surface area contributed by atoms with Gasteiger partial charge in [0, 0.05) is 12.6 Å². The Kier molecular flexibility index (Phi) is 5.59. The van der Waals surface area contributed by atoms with E-state index in [-0.39, 0.29) is 18.1 Å². The maximum atomic E-state index is 12.6. The van der Waals surface area contributed by atoms with Crippen molar-refractivity contribution in [3.8, 4) is 5.75 Å². The van der Waals surface area contributed by atoms with Crippen molar-refractivity contribution in [3.63, 3.8) is 0 Å². The molecule has 1 heterocycles. The van der Waals surface area contributed by atoms with Gasteiger partial charge in [0.15, 0.2) is 0 Å². The number of hydrogen-bond acceptors (Lipinski definition) is 3. The summed E-state index contributed by atoms with van der Waals surface area (Å²) in [5.74, 6) is 1.36. The first kappa shape index (κ1) is 17.7. The number of benzene rings is 2. The second-order valence-electron chi connectivity index (χ2n) is 7.12. The molecule has 1 saturated heterocycles. The Morgan fingerprint density at radius 1 is 1.32 bits per heavy atom. The summed E-state index contributed by atoms with van der Waals surface area (Å²) in [6.07, 6.45) is 2.40. The summed E-state index contributed by atoms with van der Waals surface area (Å²) in [4.78, 5) is 12.6. The number of ether oxygens (including phenoxy) is 2. The Bertz CT molecular complexity index is 741. The van der Waals surface area contributed by atoms with Crippen LogP contribution in [0, 0.1) is 5.92 Å². The number of fused-ring (bicyclic) bond motifs is 1. The topological polar surface area (TPSA) is 47.6 Å². The minimum absolute atomic E-state index is 0.0738. The maximum Gasteiger partial charge on any atom is 0.224 e. The molecule has 0 saturated carbocycles. The first-order chi connectivity index (χ1) is 12.1. The second-order valence-corrected chi connectivity index (χ2v) is 7.12. The van der Waals surface area contributed by atoms with E-state index in [4.69, 9.17) is 9.47 Å². The first-order valence-corrected chi connectivity index (χ1v) is 9.03. The number of carbonyl (C=O) groups is 1. The van der Waals surface area contributed by atoms with Crippen molar-refractivity contribution in [2.45, 2.75) is 45.3 Å². The predicted octanol–water partition coefficient (Wildman–Crippen LogP) is 3.71. The van der Waals surface area contributed by atoms with Crippen LogP contribution in [0.5, 0.6) is 5.75 Å². The molecule has 0 aromatic heterocycles. The fourth-order valence-electron chi connectivity index (χ4n) is 3.47. The van der Waals surface area contributed by atoms with Crippen molar-refractivity contribution < 1.29 is 14.3 Å². The lowest BCUT2D eigenvalue weighted by molar-refractivity contribution is -0.122. The lowest BCUT2D eigenvalue weighted by Gasteiger charge is -2.32. The Labute approximate surface area is 149 Å². The summed E-state index contributed by atoms with van der Waals surface area (Å²) in [5.41, 5.74) is 1.03. The molecule has 1 N–H and O–H groups in total. The SMILES string of the molecule is COc1ccc2cccc(CC(=O)N[C@H]3CCO[C@H](C(C)C)C3)c2c1. The van der Waals surface area contributed by atoms with E-state index < -0.39 is 0 Å². The molecular formula is C21H27NO3. The van der Waals surface area contributed by atoms with E-state index in [1.165, 1.54) is 0 Å². The van der Waals surface area contributed by atoms with Crippen LogP contribution in [0.1, 0.15) is 32.3 Å². The fraction of sp³-hybridized carbons (Fsp3) is 0.476. The van der Waals surface area contributed by atoms with Crippen molar-refractivity contribution >= 4 is 16.7 Å². The van der Waals surface area contributed by atoms with Gasteiger partial charge in [0.1, 0.15) is 5.75 Å². The normalized spacial score (nSPS) is 20.6. The predicted molar refractivity (Wildman–Crippen MR) is 99.9 cm³/mol. The van der Waals surface area contributed by atoms with E-state index in [2.05, 4.69) is 25.2 Å². The van der Waals surface area contributed by atoms with Crippen LogP contribution >= 0.6 is 0 Å². The van der Waals surface area contributed by atoms with Gasteiger partial charge < -0.3 is 14.8 Å². The molecule has 25 heavy (non-hydrogen) atoms. The average Bonchev–Trinajstić information content (AvgIpc) is 2.61. The van der Waals surface area contributed by atoms with Crippen LogP contribution in [-0.4, -0.2) is 31.8 Å². The summed E-state index contributed by atoms with van der Waals surface area (Å²) < 4.78 is 11.1. The highest BCUT2D eigenvalue weighted by atomic mass is 16.5. The summed E-state index contributed by atoms with van der Waals surface area (Å²) in [6, 6.07) is 12.3. The summed E-state index contributed by atoms with van der Waals surface area (Å²) in [7, 11) is 1.66. The lowest BCUT2D eigenvalue weighted by atomic mass is 9.95. The van der Waals surface area contributed by atoms with E-state index in [0.29, 0.717) is 12.3 Å². The largest absolute Gasteiger partial charge is 0.497 e. The zero-order chi connectivity index (χ0) is 17.8. The Balaban J connectivity index is 1.69. The summed E-state index contributed by atoms with van der Waals surface area (Å²) >= 11 is 0. The highest BCUT2D eigenvalue weighted by Gasteiger charge is 2.26. The van der Waals surface area contributed by atoms with Crippen LogP contribution in [0.4, 0.5) is 0 Å². The highest BCUT2D eigenvalue weighted by molar-refractivity contribution is 5.91. The molecular weight excluding hydrogens is 314 g/mol. The van der Waals surface area contributed by atoms with Crippen molar-refractivity contribution in [2.75, 3.05) is 13.7 Å². The van der Waals surface area contributed by atoms with Crippen molar-refractivity contribution in [1.29, 1.82) is 0 Å². The van der Waals surface area contributed by atoms with E-state index in [1.807, 2.05) is 30.3 Å². The first-order valence-electron chi connectivity index (χ1n) is 9.03. The van der Waals surface area contributed by atoms with Gasteiger partial charge in [0.05, 0.1) is 19.6 Å². The van der Waals surface area contributed by atoms with E-state index in [0.717, 1.165) is 41.5 Å². The molecule has 4 nitrogen and oxygen atoms in total. The van der Waals surface area contributed by atoms with E-state index in [9.17, 15) is 4.79 Å². The number of hydrogen-bond donors (Lipinski definition) is 1. The molecule has 2 atom stereocenters. The zero-order valence-electron chi connectivity index (χ0n) is 15.2. The van der Waals surface area contributed by atoms with Gasteiger partial charge in [-0.2, -0.15) is 0 Å². The van der Waals surface area contributed by atoms with Crippen LogP contribution in [0.25, 0.3) is 10.8 Å². The Hall–Kier alpha value is -2.07. The molecule has 1 fully saturated rings.